The van der Waals surface area contributed by atoms with Gasteiger partial charge in [-0.1, -0.05) is 6.07 Å². The molecule has 5 aromatic rings. The van der Waals surface area contributed by atoms with Gasteiger partial charge in [-0.2, -0.15) is 0 Å². The fraction of sp³-hybridized carbons (Fsp3) is 0.0400. The minimum absolute atomic E-state index is 0.0962. The van der Waals surface area contributed by atoms with Gasteiger partial charge >= 0.3 is 0 Å². The molecule has 6 nitrogen and oxygen atoms in total. The quantitative estimate of drug-likeness (QED) is 0.241. The van der Waals surface area contributed by atoms with Crippen LogP contribution in [0, 0.1) is 24.4 Å². The average Bonchev–Trinajstić information content (AvgIpc) is 3.27. The monoisotopic (exact) mass is 492 g/mol. The van der Waals surface area contributed by atoms with Gasteiger partial charge in [0.15, 0.2) is 5.82 Å². The number of benzene rings is 2. The molecule has 3 N–H and O–H groups in total. The van der Waals surface area contributed by atoms with E-state index < -0.39 is 28.8 Å². The molecular formula is C25H17F3N5OS+. The minimum atomic E-state index is -1.04. The Balaban J connectivity index is 1.50. The zero-order chi connectivity index (χ0) is 24.5. The van der Waals surface area contributed by atoms with Crippen molar-refractivity contribution in [3.8, 4) is 11.1 Å². The number of aromatic nitrogens is 4. The van der Waals surface area contributed by atoms with Gasteiger partial charge in [0.1, 0.15) is 23.7 Å². The SMILES string of the molecule is Cc1ncc(-c2c[nH+]c3[nH]cc(C(=O)c4c(F)ccc(NSc5cccc(F)c5)c4F)c3c2)cn1. The summed E-state index contributed by atoms with van der Waals surface area (Å²) in [5.74, 6) is -2.68. The summed E-state index contributed by atoms with van der Waals surface area (Å²) in [6.45, 7) is 1.77. The molecule has 0 bridgehead atoms. The number of rotatable bonds is 6. The fourth-order valence-electron chi connectivity index (χ4n) is 3.57. The molecule has 35 heavy (non-hydrogen) atoms. The second-order valence-electron chi connectivity index (χ2n) is 7.67. The van der Waals surface area contributed by atoms with Crippen molar-refractivity contribution in [2.75, 3.05) is 4.72 Å². The number of pyridine rings is 1. The van der Waals surface area contributed by atoms with Crippen molar-refractivity contribution in [3.05, 3.63) is 102 Å². The Bertz CT molecular complexity index is 1570. The zero-order valence-electron chi connectivity index (χ0n) is 18.2. The van der Waals surface area contributed by atoms with Gasteiger partial charge in [-0.25, -0.2) is 33.1 Å². The predicted molar refractivity (Wildman–Crippen MR) is 126 cm³/mol. The summed E-state index contributed by atoms with van der Waals surface area (Å²) >= 11 is 0.942. The smallest absolute Gasteiger partial charge is 0.285 e. The van der Waals surface area contributed by atoms with E-state index in [1.165, 1.54) is 30.5 Å². The lowest BCUT2D eigenvalue weighted by Gasteiger charge is -2.10. The van der Waals surface area contributed by atoms with Gasteiger partial charge in [-0.3, -0.25) is 4.79 Å². The maximum Gasteiger partial charge on any atom is 0.285 e. The van der Waals surface area contributed by atoms with Gasteiger partial charge in [0.25, 0.3) is 5.65 Å². The van der Waals surface area contributed by atoms with Crippen molar-refractivity contribution in [2.24, 2.45) is 0 Å². The van der Waals surface area contributed by atoms with E-state index in [0.717, 1.165) is 18.0 Å². The number of aryl methyl sites for hydroxylation is 1. The molecular weight excluding hydrogens is 475 g/mol. The van der Waals surface area contributed by atoms with E-state index in [1.807, 2.05) is 0 Å². The van der Waals surface area contributed by atoms with E-state index in [2.05, 4.69) is 24.7 Å². The first-order valence-electron chi connectivity index (χ1n) is 10.4. The third-order valence-electron chi connectivity index (χ3n) is 5.34. The Morgan fingerprint density at radius 2 is 1.86 bits per heavy atom. The van der Waals surface area contributed by atoms with Gasteiger partial charge in [-0.15, -0.1) is 0 Å². The van der Waals surface area contributed by atoms with Gasteiger partial charge in [0.2, 0.25) is 5.78 Å². The Labute approximate surface area is 201 Å². The van der Waals surface area contributed by atoms with Crippen LogP contribution in [0.25, 0.3) is 22.2 Å². The maximum absolute atomic E-state index is 15.3. The largest absolute Gasteiger partial charge is 0.323 e. The van der Waals surface area contributed by atoms with Crippen molar-refractivity contribution >= 4 is 34.5 Å². The number of nitrogens with one attached hydrogen (secondary N) is 3. The zero-order valence-corrected chi connectivity index (χ0v) is 19.0. The Hall–Kier alpha value is -4.18. The number of nitrogens with zero attached hydrogens (tertiary/aromatic N) is 2. The van der Waals surface area contributed by atoms with Crippen LogP contribution in [0.2, 0.25) is 0 Å². The van der Waals surface area contributed by atoms with E-state index in [4.69, 9.17) is 0 Å². The third-order valence-corrected chi connectivity index (χ3v) is 6.16. The van der Waals surface area contributed by atoms with Crippen LogP contribution in [0.4, 0.5) is 18.9 Å². The lowest BCUT2D eigenvalue weighted by Crippen LogP contribution is -2.10. The van der Waals surface area contributed by atoms with E-state index in [-0.39, 0.29) is 11.3 Å². The summed E-state index contributed by atoms with van der Waals surface area (Å²) in [4.78, 5) is 28.1. The first-order chi connectivity index (χ1) is 16.9. The molecule has 0 spiro atoms. The predicted octanol–water partition coefficient (Wildman–Crippen LogP) is 5.51. The number of anilines is 1. The Kier molecular flexibility index (Phi) is 5.96. The average molecular weight is 493 g/mol. The summed E-state index contributed by atoms with van der Waals surface area (Å²) in [6, 6.07) is 9.63. The van der Waals surface area contributed by atoms with Crippen LogP contribution in [-0.2, 0) is 0 Å². The van der Waals surface area contributed by atoms with Crippen molar-refractivity contribution in [2.45, 2.75) is 11.8 Å². The fourth-order valence-corrected chi connectivity index (χ4v) is 4.27. The van der Waals surface area contributed by atoms with Crippen molar-refractivity contribution in [1.29, 1.82) is 0 Å². The molecule has 0 unspecified atom stereocenters. The van der Waals surface area contributed by atoms with E-state index in [0.29, 0.717) is 32.9 Å². The van der Waals surface area contributed by atoms with Crippen LogP contribution in [0.1, 0.15) is 21.7 Å². The number of H-pyrrole nitrogens is 2. The summed E-state index contributed by atoms with van der Waals surface area (Å²) in [5.41, 5.74) is 1.23. The molecule has 0 saturated heterocycles. The van der Waals surface area contributed by atoms with Gasteiger partial charge in [-0.05, 0) is 55.3 Å². The third kappa shape index (κ3) is 4.47. The van der Waals surface area contributed by atoms with Crippen molar-refractivity contribution in [1.82, 2.24) is 15.0 Å². The number of hydrogen-bond donors (Lipinski definition) is 2. The summed E-state index contributed by atoms with van der Waals surface area (Å²) in [7, 11) is 0. The van der Waals surface area contributed by atoms with Crippen LogP contribution in [-0.4, -0.2) is 20.7 Å². The van der Waals surface area contributed by atoms with E-state index in [9.17, 15) is 13.6 Å². The van der Waals surface area contributed by atoms with E-state index >= 15 is 4.39 Å². The minimum Gasteiger partial charge on any atom is -0.323 e. The molecule has 0 aliphatic carbocycles. The van der Waals surface area contributed by atoms with Crippen LogP contribution in [0.15, 0.2) is 72.1 Å². The summed E-state index contributed by atoms with van der Waals surface area (Å²) in [6.07, 6.45) is 6.42. The van der Waals surface area contributed by atoms with Gasteiger partial charge in [0.05, 0.1) is 28.4 Å². The standard InChI is InChI=1S/C25H16F3N5OS/c1-13-29-10-15(11-30-13)14-7-18-19(12-32-25(18)31-9-14)24(34)22-20(27)5-6-21(23(22)28)33-35-17-4-2-3-16(26)8-17/h2-12,33H,1H3,(H,31,32)/p+1. The maximum atomic E-state index is 15.3. The second-order valence-corrected chi connectivity index (χ2v) is 8.55. The van der Waals surface area contributed by atoms with Crippen LogP contribution < -0.4 is 9.71 Å². The molecule has 0 aliphatic rings. The van der Waals surface area contributed by atoms with Crippen molar-refractivity contribution in [3.63, 3.8) is 0 Å². The van der Waals surface area contributed by atoms with Gasteiger partial charge < -0.3 is 4.72 Å². The van der Waals surface area contributed by atoms with Crippen LogP contribution in [0.5, 0.6) is 0 Å². The number of hydrogen-bond acceptors (Lipinski definition) is 5. The highest BCUT2D eigenvalue weighted by Crippen LogP contribution is 2.30. The molecule has 5 rings (SSSR count). The van der Waals surface area contributed by atoms with E-state index in [1.54, 1.807) is 37.6 Å². The molecule has 0 aliphatic heterocycles. The first kappa shape index (κ1) is 22.6. The molecule has 0 atom stereocenters. The van der Waals surface area contributed by atoms with Gasteiger partial charge in [0, 0.05) is 28.4 Å². The number of carbonyl (C=O) groups is 1. The molecule has 0 radical (unpaired) electrons. The lowest BCUT2D eigenvalue weighted by molar-refractivity contribution is -0.346. The second kappa shape index (κ2) is 9.22. The molecule has 0 fully saturated rings. The highest BCUT2D eigenvalue weighted by atomic mass is 32.2. The topological polar surface area (TPSA) is 84.8 Å². The number of halogens is 3. The highest BCUT2D eigenvalue weighted by Gasteiger charge is 2.26. The Morgan fingerprint density at radius 1 is 1.06 bits per heavy atom. The number of carbonyl (C=O) groups excluding carboxylic acids is 1. The first-order valence-corrected chi connectivity index (χ1v) is 11.3. The number of fused-ring (bicyclic) bond motifs is 1. The Morgan fingerprint density at radius 3 is 2.63 bits per heavy atom. The molecule has 10 heteroatoms. The number of aromatic amines is 2. The van der Waals surface area contributed by atoms with Crippen LogP contribution >= 0.6 is 11.9 Å². The molecule has 3 heterocycles. The molecule has 2 aromatic carbocycles. The van der Waals surface area contributed by atoms with Crippen molar-refractivity contribution < 1.29 is 22.9 Å². The molecule has 174 valence electrons. The lowest BCUT2D eigenvalue weighted by atomic mass is 10.0. The summed E-state index contributed by atoms with van der Waals surface area (Å²) in [5, 5.41) is 0.458. The molecule has 0 amide bonds. The normalized spacial score (nSPS) is 11.1. The molecule has 0 saturated carbocycles. The highest BCUT2D eigenvalue weighted by molar-refractivity contribution is 8.00. The number of ketones is 1. The summed E-state index contributed by atoms with van der Waals surface area (Å²) < 4.78 is 46.1. The van der Waals surface area contributed by atoms with Crippen LogP contribution in [0.3, 0.4) is 0 Å². The molecule has 3 aromatic heterocycles.